The Bertz CT molecular complexity index is 775. The van der Waals surface area contributed by atoms with Gasteiger partial charge in [-0.15, -0.1) is 0 Å². The van der Waals surface area contributed by atoms with Crippen molar-refractivity contribution < 1.29 is 9.50 Å². The quantitative estimate of drug-likeness (QED) is 0.574. The molecule has 0 bridgehead atoms. The Kier molecular flexibility index (Phi) is 6.25. The molecule has 1 N–H and O–H groups in total. The molecule has 3 aromatic carbocycles. The molecule has 0 saturated carbocycles. The van der Waals surface area contributed by atoms with Crippen LogP contribution in [-0.4, -0.2) is 11.8 Å². The first-order valence-electron chi connectivity index (χ1n) is 9.30. The first-order valence-corrected chi connectivity index (χ1v) is 9.30. The molecule has 0 heterocycles. The van der Waals surface area contributed by atoms with Gasteiger partial charge < -0.3 is 10.0 Å². The molecule has 0 spiro atoms. The lowest BCUT2D eigenvalue weighted by molar-refractivity contribution is 0.0408. The van der Waals surface area contributed by atoms with Crippen LogP contribution in [-0.2, 0) is 18.7 Å². The summed E-state index contributed by atoms with van der Waals surface area (Å²) in [6.45, 7) is 2.70. The molecule has 1 unspecified atom stereocenters. The number of benzene rings is 3. The Balaban J connectivity index is 1.85. The lowest BCUT2D eigenvalue weighted by Gasteiger charge is -2.27. The van der Waals surface area contributed by atoms with Crippen molar-refractivity contribution >= 4 is 5.69 Å². The van der Waals surface area contributed by atoms with E-state index in [1.807, 2.05) is 60.7 Å². The van der Waals surface area contributed by atoms with E-state index in [-0.39, 0.29) is 6.42 Å². The molecule has 0 amide bonds. The van der Waals surface area contributed by atoms with Crippen molar-refractivity contribution in [3.05, 3.63) is 102 Å². The maximum atomic E-state index is 12.7. The number of nitrogens with zero attached hydrogens (tertiary/aromatic N) is 1. The molecule has 3 heteroatoms. The van der Waals surface area contributed by atoms with Gasteiger partial charge in [0.05, 0.1) is 12.3 Å². The maximum absolute atomic E-state index is 12.7. The predicted molar refractivity (Wildman–Crippen MR) is 109 cm³/mol. The highest BCUT2D eigenvalue weighted by Crippen LogP contribution is 2.28. The third kappa shape index (κ3) is 5.18. The second-order valence-electron chi connectivity index (χ2n) is 7.09. The van der Waals surface area contributed by atoms with Crippen molar-refractivity contribution in [3.8, 4) is 0 Å². The van der Waals surface area contributed by atoms with Crippen molar-refractivity contribution in [2.45, 2.75) is 32.0 Å². The van der Waals surface area contributed by atoms with E-state index in [1.54, 1.807) is 6.92 Å². The van der Waals surface area contributed by atoms with Gasteiger partial charge in [0.25, 0.3) is 0 Å². The number of aliphatic hydroxyl groups is 1. The Morgan fingerprint density at radius 1 is 0.778 bits per heavy atom. The Labute approximate surface area is 160 Å². The number of hydrogen-bond donors (Lipinski definition) is 1. The number of rotatable bonds is 8. The Morgan fingerprint density at radius 2 is 1.26 bits per heavy atom. The Morgan fingerprint density at radius 3 is 1.70 bits per heavy atom. The second-order valence-corrected chi connectivity index (χ2v) is 7.09. The van der Waals surface area contributed by atoms with Crippen LogP contribution in [0.5, 0.6) is 0 Å². The number of anilines is 1. The number of hydrogen-bond acceptors (Lipinski definition) is 2. The van der Waals surface area contributed by atoms with Crippen LogP contribution < -0.4 is 4.90 Å². The summed E-state index contributed by atoms with van der Waals surface area (Å²) >= 11 is 0. The third-order valence-electron chi connectivity index (χ3n) is 4.87. The van der Waals surface area contributed by atoms with Crippen molar-refractivity contribution in [1.82, 2.24) is 0 Å². The average Bonchev–Trinajstić information content (AvgIpc) is 2.69. The highest BCUT2D eigenvalue weighted by molar-refractivity contribution is 5.49. The Hall–Kier alpha value is -2.65. The molecule has 0 aromatic heterocycles. The topological polar surface area (TPSA) is 23.5 Å². The van der Waals surface area contributed by atoms with Gasteiger partial charge in [0.2, 0.25) is 0 Å². The second kappa shape index (κ2) is 8.83. The van der Waals surface area contributed by atoms with Crippen LogP contribution in [0.15, 0.2) is 84.9 Å². The molecule has 140 valence electrons. The molecule has 0 saturated heterocycles. The van der Waals surface area contributed by atoms with E-state index in [2.05, 4.69) is 29.2 Å². The zero-order valence-corrected chi connectivity index (χ0v) is 15.7. The van der Waals surface area contributed by atoms with Crippen molar-refractivity contribution in [2.24, 2.45) is 0 Å². The van der Waals surface area contributed by atoms with Crippen LogP contribution in [0.2, 0.25) is 0 Å². The standard InChI is InChI=1S/C24H26FNO/c1-24(27,16-17-25)22-12-14-23(15-13-22)26(18-20-8-4-2-5-9-20)19-21-10-6-3-7-11-21/h2-15,27H,16-19H2,1H3. The zero-order valence-electron chi connectivity index (χ0n) is 15.7. The first kappa shape index (κ1) is 19.1. The summed E-state index contributed by atoms with van der Waals surface area (Å²) in [6.07, 6.45) is 0.101. The van der Waals surface area contributed by atoms with Gasteiger partial charge in [0, 0.05) is 25.2 Å². The minimum atomic E-state index is -1.14. The lowest BCUT2D eigenvalue weighted by Crippen LogP contribution is -2.24. The molecular formula is C24H26FNO. The van der Waals surface area contributed by atoms with Gasteiger partial charge in [-0.3, -0.25) is 4.39 Å². The van der Waals surface area contributed by atoms with Crippen LogP contribution in [0.3, 0.4) is 0 Å². The maximum Gasteiger partial charge on any atom is 0.0925 e. The minimum Gasteiger partial charge on any atom is -0.385 e. The van der Waals surface area contributed by atoms with Crippen molar-refractivity contribution in [2.75, 3.05) is 11.6 Å². The number of alkyl halides is 1. The smallest absolute Gasteiger partial charge is 0.0925 e. The van der Waals surface area contributed by atoms with Gasteiger partial charge >= 0.3 is 0 Å². The molecule has 0 fully saturated rings. The summed E-state index contributed by atoms with van der Waals surface area (Å²) in [7, 11) is 0. The van der Waals surface area contributed by atoms with E-state index >= 15 is 0 Å². The molecule has 0 aliphatic rings. The van der Waals surface area contributed by atoms with E-state index in [9.17, 15) is 9.50 Å². The molecule has 3 aromatic rings. The summed E-state index contributed by atoms with van der Waals surface area (Å²) in [5.41, 5.74) is 3.14. The third-order valence-corrected chi connectivity index (χ3v) is 4.87. The predicted octanol–water partition coefficient (Wildman–Crippen LogP) is 5.46. The molecule has 0 aliphatic carbocycles. The molecule has 1 atom stereocenters. The first-order chi connectivity index (χ1) is 13.1. The van der Waals surface area contributed by atoms with E-state index in [1.165, 1.54) is 11.1 Å². The van der Waals surface area contributed by atoms with Gasteiger partial charge in [0.15, 0.2) is 0 Å². The average molecular weight is 363 g/mol. The fourth-order valence-corrected chi connectivity index (χ4v) is 3.21. The largest absolute Gasteiger partial charge is 0.385 e. The van der Waals surface area contributed by atoms with Gasteiger partial charge in [-0.05, 0) is 35.7 Å². The van der Waals surface area contributed by atoms with E-state index in [0.29, 0.717) is 0 Å². The highest BCUT2D eigenvalue weighted by Gasteiger charge is 2.22. The van der Waals surface area contributed by atoms with Crippen LogP contribution in [0.1, 0.15) is 30.0 Å². The van der Waals surface area contributed by atoms with E-state index in [0.717, 1.165) is 24.3 Å². The SMILES string of the molecule is CC(O)(CCF)c1ccc(N(Cc2ccccc2)Cc2ccccc2)cc1. The fourth-order valence-electron chi connectivity index (χ4n) is 3.21. The van der Waals surface area contributed by atoms with E-state index < -0.39 is 12.3 Å². The molecule has 0 radical (unpaired) electrons. The molecule has 0 aliphatic heterocycles. The summed E-state index contributed by atoms with van der Waals surface area (Å²) in [5, 5.41) is 10.4. The molecule has 3 rings (SSSR count). The van der Waals surface area contributed by atoms with Crippen LogP contribution in [0, 0.1) is 0 Å². The summed E-state index contributed by atoms with van der Waals surface area (Å²) < 4.78 is 12.7. The monoisotopic (exact) mass is 363 g/mol. The minimum absolute atomic E-state index is 0.101. The summed E-state index contributed by atoms with van der Waals surface area (Å²) in [4.78, 5) is 2.30. The fraction of sp³-hybridized carbons (Fsp3) is 0.250. The summed E-state index contributed by atoms with van der Waals surface area (Å²) in [5.74, 6) is 0. The van der Waals surface area contributed by atoms with Crippen molar-refractivity contribution in [1.29, 1.82) is 0 Å². The molecule has 2 nitrogen and oxygen atoms in total. The number of halogens is 1. The zero-order chi connectivity index (χ0) is 19.1. The van der Waals surface area contributed by atoms with Gasteiger partial charge in [-0.2, -0.15) is 0 Å². The van der Waals surface area contributed by atoms with E-state index in [4.69, 9.17) is 0 Å². The van der Waals surface area contributed by atoms with Crippen LogP contribution in [0.25, 0.3) is 0 Å². The van der Waals surface area contributed by atoms with Crippen LogP contribution in [0.4, 0.5) is 10.1 Å². The van der Waals surface area contributed by atoms with Crippen molar-refractivity contribution in [3.63, 3.8) is 0 Å². The summed E-state index contributed by atoms with van der Waals surface area (Å²) in [6, 6.07) is 28.5. The van der Waals surface area contributed by atoms with Gasteiger partial charge in [-0.1, -0.05) is 72.8 Å². The van der Waals surface area contributed by atoms with Gasteiger partial charge in [-0.25, -0.2) is 0 Å². The van der Waals surface area contributed by atoms with Gasteiger partial charge in [0.1, 0.15) is 0 Å². The normalized spacial score (nSPS) is 13.1. The molecule has 27 heavy (non-hydrogen) atoms. The molecular weight excluding hydrogens is 337 g/mol. The lowest BCUT2D eigenvalue weighted by atomic mass is 9.93. The highest BCUT2D eigenvalue weighted by atomic mass is 19.1. The van der Waals surface area contributed by atoms with Crippen LogP contribution >= 0.6 is 0 Å².